The zero-order valence-corrected chi connectivity index (χ0v) is 11.4. The molecule has 0 aliphatic rings. The van der Waals surface area contributed by atoms with Gasteiger partial charge in [0.05, 0.1) is 15.5 Å². The van der Waals surface area contributed by atoms with Crippen LogP contribution in [0.5, 0.6) is 0 Å². The summed E-state index contributed by atoms with van der Waals surface area (Å²) in [6, 6.07) is 4.41. The summed E-state index contributed by atoms with van der Waals surface area (Å²) in [5, 5.41) is 20.1. The molecule has 0 saturated heterocycles. The van der Waals surface area contributed by atoms with E-state index in [1.54, 1.807) is 19.9 Å². The Morgan fingerprint density at radius 3 is 2.67 bits per heavy atom. The SMILES string of the molecule is CC(C)(SCc1c(Cl)cccc1[N+](=O)[O-])C(=O)O. The number of nitro benzene ring substituents is 1. The molecule has 18 heavy (non-hydrogen) atoms. The van der Waals surface area contributed by atoms with Crippen LogP contribution < -0.4 is 0 Å². The van der Waals surface area contributed by atoms with Crippen LogP contribution in [0.15, 0.2) is 18.2 Å². The summed E-state index contributed by atoms with van der Waals surface area (Å²) < 4.78 is -1.02. The van der Waals surface area contributed by atoms with E-state index in [9.17, 15) is 14.9 Å². The fourth-order valence-corrected chi connectivity index (χ4v) is 2.42. The topological polar surface area (TPSA) is 80.4 Å². The van der Waals surface area contributed by atoms with Gasteiger partial charge in [0.15, 0.2) is 0 Å². The van der Waals surface area contributed by atoms with Gasteiger partial charge in [0.25, 0.3) is 5.69 Å². The zero-order chi connectivity index (χ0) is 13.9. The number of carbonyl (C=O) groups is 1. The summed E-state index contributed by atoms with van der Waals surface area (Å²) in [6.07, 6.45) is 0. The highest BCUT2D eigenvalue weighted by Gasteiger charge is 2.29. The number of carboxylic acid groups (broad SMARTS) is 1. The quantitative estimate of drug-likeness (QED) is 0.664. The van der Waals surface area contributed by atoms with E-state index < -0.39 is 15.6 Å². The van der Waals surface area contributed by atoms with Crippen LogP contribution in [0.1, 0.15) is 19.4 Å². The Kier molecular flexibility index (Phi) is 4.59. The number of rotatable bonds is 5. The van der Waals surface area contributed by atoms with Gasteiger partial charge in [-0.05, 0) is 19.9 Å². The predicted molar refractivity (Wildman–Crippen MR) is 71.1 cm³/mol. The molecule has 0 aliphatic heterocycles. The Bertz CT molecular complexity index is 490. The van der Waals surface area contributed by atoms with Gasteiger partial charge < -0.3 is 5.11 Å². The molecule has 0 atom stereocenters. The molecule has 0 heterocycles. The summed E-state index contributed by atoms with van der Waals surface area (Å²) >= 11 is 7.01. The first-order valence-electron chi connectivity index (χ1n) is 5.05. The third kappa shape index (κ3) is 3.36. The van der Waals surface area contributed by atoms with Gasteiger partial charge in [-0.1, -0.05) is 17.7 Å². The van der Waals surface area contributed by atoms with E-state index in [-0.39, 0.29) is 16.5 Å². The van der Waals surface area contributed by atoms with Crippen molar-refractivity contribution in [3.63, 3.8) is 0 Å². The smallest absolute Gasteiger partial charge is 0.319 e. The van der Waals surface area contributed by atoms with Gasteiger partial charge in [-0.25, -0.2) is 0 Å². The second-order valence-electron chi connectivity index (χ2n) is 4.10. The highest BCUT2D eigenvalue weighted by atomic mass is 35.5. The maximum Gasteiger partial charge on any atom is 0.319 e. The molecule has 0 bridgehead atoms. The monoisotopic (exact) mass is 289 g/mol. The van der Waals surface area contributed by atoms with Crippen LogP contribution in [0.2, 0.25) is 5.02 Å². The highest BCUT2D eigenvalue weighted by molar-refractivity contribution is 8.00. The average Bonchev–Trinajstić information content (AvgIpc) is 2.26. The molecular weight excluding hydrogens is 278 g/mol. The van der Waals surface area contributed by atoms with Crippen LogP contribution in [0.25, 0.3) is 0 Å². The first kappa shape index (κ1) is 14.8. The Morgan fingerprint density at radius 1 is 1.56 bits per heavy atom. The third-order valence-electron chi connectivity index (χ3n) is 2.38. The molecule has 0 aromatic heterocycles. The van der Waals surface area contributed by atoms with Gasteiger partial charge in [-0.3, -0.25) is 14.9 Å². The lowest BCUT2D eigenvalue weighted by Gasteiger charge is -2.18. The number of nitrogens with zero attached hydrogens (tertiary/aromatic N) is 1. The zero-order valence-electron chi connectivity index (χ0n) is 9.84. The second kappa shape index (κ2) is 5.58. The normalized spacial score (nSPS) is 11.3. The minimum atomic E-state index is -1.02. The lowest BCUT2D eigenvalue weighted by atomic mass is 10.2. The molecule has 5 nitrogen and oxygen atoms in total. The number of hydrogen-bond acceptors (Lipinski definition) is 4. The van der Waals surface area contributed by atoms with Gasteiger partial charge in [0.2, 0.25) is 0 Å². The average molecular weight is 290 g/mol. The van der Waals surface area contributed by atoms with Crippen LogP contribution in [-0.2, 0) is 10.5 Å². The van der Waals surface area contributed by atoms with Gasteiger partial charge in [0.1, 0.15) is 4.75 Å². The molecule has 0 aliphatic carbocycles. The van der Waals surface area contributed by atoms with Crippen molar-refractivity contribution in [2.45, 2.75) is 24.3 Å². The molecule has 0 amide bonds. The fourth-order valence-electron chi connectivity index (χ4n) is 1.18. The summed E-state index contributed by atoms with van der Waals surface area (Å²) in [5.74, 6) is -0.794. The van der Waals surface area contributed by atoms with Gasteiger partial charge in [-0.2, -0.15) is 0 Å². The molecule has 0 spiro atoms. The van der Waals surface area contributed by atoms with Gasteiger partial charge in [-0.15, -0.1) is 11.8 Å². The summed E-state index contributed by atoms with van der Waals surface area (Å²) in [5.41, 5.74) is 0.264. The summed E-state index contributed by atoms with van der Waals surface area (Å²) in [7, 11) is 0. The van der Waals surface area contributed by atoms with E-state index in [1.807, 2.05) is 0 Å². The molecular formula is C11H12ClNO4S. The maximum absolute atomic E-state index is 11.0. The van der Waals surface area contributed by atoms with Crippen LogP contribution in [0.4, 0.5) is 5.69 Å². The molecule has 0 unspecified atom stereocenters. The van der Waals surface area contributed by atoms with Crippen molar-refractivity contribution in [3.8, 4) is 0 Å². The third-order valence-corrected chi connectivity index (χ3v) is 4.07. The minimum absolute atomic E-state index is 0.0869. The van der Waals surface area contributed by atoms with E-state index in [1.165, 1.54) is 12.1 Å². The number of benzene rings is 1. The predicted octanol–water partition coefficient (Wildman–Crippen LogP) is 3.34. The van der Waals surface area contributed by atoms with Crippen molar-refractivity contribution in [1.82, 2.24) is 0 Å². The molecule has 1 N–H and O–H groups in total. The van der Waals surface area contributed by atoms with Crippen LogP contribution in [0, 0.1) is 10.1 Å². The van der Waals surface area contributed by atoms with Crippen molar-refractivity contribution in [3.05, 3.63) is 38.9 Å². The van der Waals surface area contributed by atoms with Crippen LogP contribution in [-0.4, -0.2) is 20.7 Å². The molecule has 1 aromatic carbocycles. The number of carboxylic acids is 1. The number of nitro groups is 1. The Labute approximate surface area is 113 Å². The molecule has 1 aromatic rings. The molecule has 98 valence electrons. The summed E-state index contributed by atoms with van der Waals surface area (Å²) in [6.45, 7) is 3.09. The number of halogens is 1. The molecule has 0 saturated carbocycles. The number of hydrogen-bond donors (Lipinski definition) is 1. The molecule has 0 radical (unpaired) electrons. The van der Waals surface area contributed by atoms with Crippen LogP contribution in [0.3, 0.4) is 0 Å². The minimum Gasteiger partial charge on any atom is -0.480 e. The van der Waals surface area contributed by atoms with Crippen molar-refractivity contribution >= 4 is 35.0 Å². The maximum atomic E-state index is 11.0. The van der Waals surface area contributed by atoms with Crippen molar-refractivity contribution in [2.75, 3.05) is 0 Å². The Hall–Kier alpha value is -1.27. The van der Waals surface area contributed by atoms with Crippen molar-refractivity contribution in [2.24, 2.45) is 0 Å². The lowest BCUT2D eigenvalue weighted by molar-refractivity contribution is -0.385. The van der Waals surface area contributed by atoms with Gasteiger partial charge in [0, 0.05) is 11.8 Å². The fraction of sp³-hybridized carbons (Fsp3) is 0.364. The molecule has 0 fully saturated rings. The lowest BCUT2D eigenvalue weighted by Crippen LogP contribution is -2.27. The first-order chi connectivity index (χ1) is 8.25. The molecule has 7 heteroatoms. The second-order valence-corrected chi connectivity index (χ2v) is 6.10. The van der Waals surface area contributed by atoms with Crippen molar-refractivity contribution < 1.29 is 14.8 Å². The molecule has 1 rings (SSSR count). The standard InChI is InChI=1S/C11H12ClNO4S/c1-11(2,10(14)15)18-6-7-8(12)4-3-5-9(7)13(16)17/h3-5H,6H2,1-2H3,(H,14,15). The van der Waals surface area contributed by atoms with Crippen molar-refractivity contribution in [1.29, 1.82) is 0 Å². The number of aliphatic carboxylic acids is 1. The first-order valence-corrected chi connectivity index (χ1v) is 6.41. The van der Waals surface area contributed by atoms with E-state index in [0.29, 0.717) is 5.56 Å². The highest BCUT2D eigenvalue weighted by Crippen LogP contribution is 2.35. The Morgan fingerprint density at radius 2 is 2.17 bits per heavy atom. The van der Waals surface area contributed by atoms with E-state index in [4.69, 9.17) is 16.7 Å². The van der Waals surface area contributed by atoms with Gasteiger partial charge >= 0.3 is 5.97 Å². The summed E-state index contributed by atoms with van der Waals surface area (Å²) in [4.78, 5) is 21.3. The van der Waals surface area contributed by atoms with Crippen LogP contribution >= 0.6 is 23.4 Å². The number of thioether (sulfide) groups is 1. The van der Waals surface area contributed by atoms with E-state index in [0.717, 1.165) is 11.8 Å². The Balaban J connectivity index is 2.98. The van der Waals surface area contributed by atoms with E-state index >= 15 is 0 Å². The van der Waals surface area contributed by atoms with E-state index in [2.05, 4.69) is 0 Å². The largest absolute Gasteiger partial charge is 0.480 e.